The lowest BCUT2D eigenvalue weighted by Crippen LogP contribution is -2.39. The van der Waals surface area contributed by atoms with Crippen LogP contribution in [0.3, 0.4) is 0 Å². The Morgan fingerprint density at radius 2 is 2.10 bits per heavy atom. The van der Waals surface area contributed by atoms with Gasteiger partial charge in [0.1, 0.15) is 5.82 Å². The van der Waals surface area contributed by atoms with Crippen molar-refractivity contribution in [3.63, 3.8) is 0 Å². The minimum Gasteiger partial charge on any atom is -0.383 e. The summed E-state index contributed by atoms with van der Waals surface area (Å²) in [6.45, 7) is 5.08. The van der Waals surface area contributed by atoms with E-state index in [0.717, 1.165) is 17.7 Å². The van der Waals surface area contributed by atoms with E-state index < -0.39 is 0 Å². The summed E-state index contributed by atoms with van der Waals surface area (Å²) in [6.07, 6.45) is 8.46. The van der Waals surface area contributed by atoms with Crippen molar-refractivity contribution in [2.45, 2.75) is 58.1 Å². The molecular weight excluding hydrogens is 262 g/mol. The number of nitrogens with zero attached hydrogens (tertiary/aromatic N) is 1. The van der Waals surface area contributed by atoms with Crippen LogP contribution in [0.25, 0.3) is 0 Å². The summed E-state index contributed by atoms with van der Waals surface area (Å²) in [7, 11) is 1.82. The molecule has 0 bridgehead atoms. The van der Waals surface area contributed by atoms with Crippen molar-refractivity contribution < 1.29 is 4.74 Å². The highest BCUT2D eigenvalue weighted by Gasteiger charge is 2.32. The van der Waals surface area contributed by atoms with E-state index in [4.69, 9.17) is 10.5 Å². The minimum absolute atomic E-state index is 0.121. The molecule has 0 saturated heterocycles. The smallest absolute Gasteiger partial charge is 0.128 e. The summed E-state index contributed by atoms with van der Waals surface area (Å²) in [4.78, 5) is 4.33. The van der Waals surface area contributed by atoms with Crippen LogP contribution in [-0.2, 0) is 4.74 Å². The first-order valence-electron chi connectivity index (χ1n) is 8.15. The van der Waals surface area contributed by atoms with E-state index in [9.17, 15) is 0 Å². The van der Waals surface area contributed by atoms with Gasteiger partial charge in [-0.1, -0.05) is 26.2 Å². The summed E-state index contributed by atoms with van der Waals surface area (Å²) in [6, 6.07) is 2.26. The average Bonchev–Trinajstić information content (AvgIpc) is 2.51. The maximum absolute atomic E-state index is 6.14. The molecule has 2 atom stereocenters. The van der Waals surface area contributed by atoms with Crippen molar-refractivity contribution >= 4 is 5.82 Å². The third-order valence-corrected chi connectivity index (χ3v) is 4.56. The van der Waals surface area contributed by atoms with Gasteiger partial charge in [0.25, 0.3) is 0 Å². The molecule has 0 spiro atoms. The first kappa shape index (κ1) is 16.2. The Morgan fingerprint density at radius 1 is 1.38 bits per heavy atom. The van der Waals surface area contributed by atoms with Crippen LogP contribution in [-0.4, -0.2) is 24.7 Å². The second-order valence-electron chi connectivity index (χ2n) is 6.12. The van der Waals surface area contributed by atoms with Gasteiger partial charge >= 0.3 is 0 Å². The fourth-order valence-electron chi connectivity index (χ4n) is 3.54. The molecule has 1 saturated carbocycles. The summed E-state index contributed by atoms with van der Waals surface area (Å²) < 4.78 is 5.91. The minimum atomic E-state index is 0.121. The molecule has 21 heavy (non-hydrogen) atoms. The number of likely N-dealkylation sites (N-methyl/N-ethyl adjacent to an activating group) is 1. The second-order valence-corrected chi connectivity index (χ2v) is 6.12. The third-order valence-electron chi connectivity index (χ3n) is 4.56. The first-order valence-corrected chi connectivity index (χ1v) is 8.15. The number of hydrogen-bond donors (Lipinski definition) is 2. The zero-order chi connectivity index (χ0) is 15.2. The SMILES string of the molecule is CCNC(c1cc(C)cnc1N)C(OC)C1CCCCC1. The quantitative estimate of drug-likeness (QED) is 0.845. The Balaban J connectivity index is 2.28. The average molecular weight is 291 g/mol. The third kappa shape index (κ3) is 3.95. The van der Waals surface area contributed by atoms with Gasteiger partial charge in [-0.2, -0.15) is 0 Å². The van der Waals surface area contributed by atoms with Gasteiger partial charge in [-0.15, -0.1) is 0 Å². The number of pyridine rings is 1. The molecular formula is C17H29N3O. The predicted molar refractivity (Wildman–Crippen MR) is 87.2 cm³/mol. The van der Waals surface area contributed by atoms with E-state index in [1.54, 1.807) is 0 Å². The van der Waals surface area contributed by atoms with Crippen molar-refractivity contribution in [2.75, 3.05) is 19.4 Å². The van der Waals surface area contributed by atoms with Crippen molar-refractivity contribution in [1.82, 2.24) is 10.3 Å². The van der Waals surface area contributed by atoms with E-state index in [1.807, 2.05) is 13.3 Å². The molecule has 2 unspecified atom stereocenters. The summed E-state index contributed by atoms with van der Waals surface area (Å²) >= 11 is 0. The number of methoxy groups -OCH3 is 1. The normalized spacial score (nSPS) is 19.4. The van der Waals surface area contributed by atoms with Crippen LogP contribution in [0.1, 0.15) is 56.2 Å². The van der Waals surface area contributed by atoms with Crippen LogP contribution in [0, 0.1) is 12.8 Å². The first-order chi connectivity index (χ1) is 10.2. The molecule has 0 radical (unpaired) electrons. The Labute approximate surface area is 128 Å². The highest BCUT2D eigenvalue weighted by atomic mass is 16.5. The molecule has 0 aromatic carbocycles. The Hall–Kier alpha value is -1.13. The lowest BCUT2D eigenvalue weighted by Gasteiger charge is -2.35. The molecule has 1 aromatic rings. The van der Waals surface area contributed by atoms with Crippen LogP contribution in [0.5, 0.6) is 0 Å². The van der Waals surface area contributed by atoms with Crippen molar-refractivity contribution in [2.24, 2.45) is 5.92 Å². The van der Waals surface area contributed by atoms with E-state index in [-0.39, 0.29) is 12.1 Å². The van der Waals surface area contributed by atoms with Crippen LogP contribution in [0.2, 0.25) is 0 Å². The van der Waals surface area contributed by atoms with Gasteiger partial charge in [0.2, 0.25) is 0 Å². The largest absolute Gasteiger partial charge is 0.383 e. The predicted octanol–water partition coefficient (Wildman–Crippen LogP) is 3.22. The fraction of sp³-hybridized carbons (Fsp3) is 0.706. The molecule has 118 valence electrons. The number of nitrogens with one attached hydrogen (secondary N) is 1. The molecule has 1 aromatic heterocycles. The van der Waals surface area contributed by atoms with E-state index in [0.29, 0.717) is 11.7 Å². The number of ether oxygens (including phenoxy) is 1. The highest BCUT2D eigenvalue weighted by Crippen LogP contribution is 2.35. The molecule has 2 rings (SSSR count). The number of hydrogen-bond acceptors (Lipinski definition) is 4. The van der Waals surface area contributed by atoms with Crippen molar-refractivity contribution in [3.8, 4) is 0 Å². The topological polar surface area (TPSA) is 60.2 Å². The van der Waals surface area contributed by atoms with Crippen LogP contribution in [0.4, 0.5) is 5.82 Å². The summed E-state index contributed by atoms with van der Waals surface area (Å²) in [5.41, 5.74) is 8.35. The zero-order valence-corrected chi connectivity index (χ0v) is 13.6. The number of nitrogens with two attached hydrogens (primary N) is 1. The number of aromatic nitrogens is 1. The molecule has 0 aliphatic heterocycles. The molecule has 4 nitrogen and oxygen atoms in total. The Kier molecular flexibility index (Phi) is 6.00. The summed E-state index contributed by atoms with van der Waals surface area (Å²) in [5, 5.41) is 3.57. The molecule has 1 fully saturated rings. The molecule has 0 amide bonds. The maximum Gasteiger partial charge on any atom is 0.128 e. The van der Waals surface area contributed by atoms with E-state index in [2.05, 4.69) is 30.2 Å². The van der Waals surface area contributed by atoms with Gasteiger partial charge in [-0.3, -0.25) is 0 Å². The van der Waals surface area contributed by atoms with Gasteiger partial charge in [0, 0.05) is 18.9 Å². The second kappa shape index (κ2) is 7.76. The van der Waals surface area contributed by atoms with Crippen LogP contribution < -0.4 is 11.1 Å². The molecule has 4 heteroatoms. The standard InChI is InChI=1S/C17H29N3O/c1-4-19-15(14-10-12(2)11-20-17(14)18)16(21-3)13-8-6-5-7-9-13/h10-11,13,15-16,19H,4-9H2,1-3H3,(H2,18,20). The van der Waals surface area contributed by atoms with E-state index >= 15 is 0 Å². The van der Waals surface area contributed by atoms with Crippen LogP contribution in [0.15, 0.2) is 12.3 Å². The van der Waals surface area contributed by atoms with Gasteiger partial charge in [-0.25, -0.2) is 4.98 Å². The Morgan fingerprint density at radius 3 is 2.71 bits per heavy atom. The van der Waals surface area contributed by atoms with Gasteiger partial charge < -0.3 is 15.8 Å². The van der Waals surface area contributed by atoms with Gasteiger partial charge in [0.05, 0.1) is 12.1 Å². The van der Waals surface area contributed by atoms with Gasteiger partial charge in [0.15, 0.2) is 0 Å². The number of anilines is 1. The zero-order valence-electron chi connectivity index (χ0n) is 13.6. The molecule has 1 heterocycles. The van der Waals surface area contributed by atoms with Gasteiger partial charge in [-0.05, 0) is 43.9 Å². The molecule has 1 aliphatic carbocycles. The van der Waals surface area contributed by atoms with Crippen molar-refractivity contribution in [3.05, 3.63) is 23.4 Å². The summed E-state index contributed by atoms with van der Waals surface area (Å²) in [5.74, 6) is 1.22. The molecule has 1 aliphatic rings. The van der Waals surface area contributed by atoms with Crippen LogP contribution >= 0.6 is 0 Å². The number of aryl methyl sites for hydroxylation is 1. The monoisotopic (exact) mass is 291 g/mol. The maximum atomic E-state index is 6.14. The lowest BCUT2D eigenvalue weighted by molar-refractivity contribution is 0.00802. The lowest BCUT2D eigenvalue weighted by atomic mass is 9.81. The van der Waals surface area contributed by atoms with E-state index in [1.165, 1.54) is 32.1 Å². The molecule has 3 N–H and O–H groups in total. The number of rotatable bonds is 6. The highest BCUT2D eigenvalue weighted by molar-refractivity contribution is 5.43. The Bertz CT molecular complexity index is 444. The number of nitrogen functional groups attached to an aromatic ring is 1. The van der Waals surface area contributed by atoms with Crippen molar-refractivity contribution in [1.29, 1.82) is 0 Å². The fourth-order valence-corrected chi connectivity index (χ4v) is 3.54.